The zero-order chi connectivity index (χ0) is 14.3. The lowest BCUT2D eigenvalue weighted by molar-refractivity contribution is 0.234. The molecule has 0 aromatic rings. The first-order valence-corrected chi connectivity index (χ1v) is 6.73. The van der Waals surface area contributed by atoms with Crippen molar-refractivity contribution in [1.82, 2.24) is 4.90 Å². The Labute approximate surface area is 114 Å². The van der Waals surface area contributed by atoms with Gasteiger partial charge in [-0.2, -0.15) is 0 Å². The van der Waals surface area contributed by atoms with E-state index in [1.165, 1.54) is 11.1 Å². The second-order valence-corrected chi connectivity index (χ2v) is 5.10. The van der Waals surface area contributed by atoms with E-state index in [1.54, 1.807) is 0 Å². The summed E-state index contributed by atoms with van der Waals surface area (Å²) in [6.07, 6.45) is 8.57. The van der Waals surface area contributed by atoms with Crippen LogP contribution in [0.2, 0.25) is 0 Å². The van der Waals surface area contributed by atoms with Crippen LogP contribution < -0.4 is 0 Å². The third-order valence-corrected chi connectivity index (χ3v) is 3.38. The molecule has 1 nitrogen and oxygen atoms in total. The van der Waals surface area contributed by atoms with E-state index in [0.717, 1.165) is 5.57 Å². The van der Waals surface area contributed by atoms with Gasteiger partial charge in [-0.25, -0.2) is 0 Å². The quantitative estimate of drug-likeness (QED) is 0.613. The van der Waals surface area contributed by atoms with Crippen molar-refractivity contribution >= 4 is 0 Å². The molecule has 102 valence electrons. The Bertz CT molecular complexity index is 356. The normalized spacial score (nSPS) is 15.8. The molecule has 0 amide bonds. The van der Waals surface area contributed by atoms with Crippen molar-refractivity contribution in [3.05, 3.63) is 47.6 Å². The number of allylic oxidation sites excluding steroid dienone is 5. The van der Waals surface area contributed by atoms with Gasteiger partial charge in [0.25, 0.3) is 0 Å². The fourth-order valence-electron chi connectivity index (χ4n) is 1.87. The molecule has 0 aliphatic rings. The summed E-state index contributed by atoms with van der Waals surface area (Å²) in [5.41, 5.74) is 3.68. The van der Waals surface area contributed by atoms with Crippen molar-refractivity contribution in [2.45, 2.75) is 53.6 Å². The van der Waals surface area contributed by atoms with Crippen LogP contribution in [0.3, 0.4) is 0 Å². The number of likely N-dealkylation sites (N-methyl/N-ethyl adjacent to an activating group) is 1. The Hall–Kier alpha value is -1.08. The van der Waals surface area contributed by atoms with Gasteiger partial charge in [0, 0.05) is 12.1 Å². The molecule has 0 bridgehead atoms. The lowest BCUT2D eigenvalue weighted by atomic mass is 9.97. The molecule has 18 heavy (non-hydrogen) atoms. The highest BCUT2D eigenvalue weighted by atomic mass is 15.1. The lowest BCUT2D eigenvalue weighted by Gasteiger charge is -2.31. The molecule has 1 heteroatoms. The fraction of sp³-hybridized carbons (Fsp3) is 0.529. The van der Waals surface area contributed by atoms with E-state index in [4.69, 9.17) is 0 Å². The maximum Gasteiger partial charge on any atom is 0.0322 e. The molecule has 0 aromatic carbocycles. The molecule has 0 aliphatic carbocycles. The molecule has 0 unspecified atom stereocenters. The van der Waals surface area contributed by atoms with E-state index >= 15 is 0 Å². The standard InChI is InChI=1S/C17H29N/c1-9-11-16(10-2)12-17(13(3)4)15(7)18(8)14(5)6/h9-12,14-15H,3H2,1-2,4-8H3/b11-9+,16-10-,17-12+/t15-/m0/s1. The average Bonchev–Trinajstić information content (AvgIpc) is 2.31. The number of rotatable bonds is 6. The van der Waals surface area contributed by atoms with Crippen LogP contribution in [0, 0.1) is 0 Å². The number of hydrogen-bond donors (Lipinski definition) is 0. The zero-order valence-corrected chi connectivity index (χ0v) is 13.1. The van der Waals surface area contributed by atoms with Crippen LogP contribution in [0.4, 0.5) is 0 Å². The van der Waals surface area contributed by atoms with Crippen LogP contribution in [0.5, 0.6) is 0 Å². The molecule has 0 saturated heterocycles. The highest BCUT2D eigenvalue weighted by molar-refractivity contribution is 5.41. The molecule has 1 atom stereocenters. The van der Waals surface area contributed by atoms with Gasteiger partial charge >= 0.3 is 0 Å². The lowest BCUT2D eigenvalue weighted by Crippen LogP contribution is -2.36. The maximum atomic E-state index is 4.12. The summed E-state index contributed by atoms with van der Waals surface area (Å²) in [4.78, 5) is 2.36. The van der Waals surface area contributed by atoms with E-state index in [1.807, 2.05) is 6.92 Å². The topological polar surface area (TPSA) is 3.24 Å². The van der Waals surface area contributed by atoms with Gasteiger partial charge < -0.3 is 0 Å². The summed E-state index contributed by atoms with van der Waals surface area (Å²) in [7, 11) is 2.16. The minimum absolute atomic E-state index is 0.378. The van der Waals surface area contributed by atoms with Crippen LogP contribution in [0.25, 0.3) is 0 Å². The van der Waals surface area contributed by atoms with E-state index in [9.17, 15) is 0 Å². The van der Waals surface area contributed by atoms with Crippen molar-refractivity contribution in [1.29, 1.82) is 0 Å². The van der Waals surface area contributed by atoms with Crippen LogP contribution >= 0.6 is 0 Å². The van der Waals surface area contributed by atoms with E-state index in [-0.39, 0.29) is 0 Å². The Morgan fingerprint density at radius 1 is 1.17 bits per heavy atom. The number of nitrogens with zero attached hydrogens (tertiary/aromatic N) is 1. The largest absolute Gasteiger partial charge is 0.297 e. The van der Waals surface area contributed by atoms with Crippen LogP contribution in [0.1, 0.15) is 41.5 Å². The van der Waals surface area contributed by atoms with E-state index < -0.39 is 0 Å². The summed E-state index contributed by atoms with van der Waals surface area (Å²) in [5, 5.41) is 0. The highest BCUT2D eigenvalue weighted by Crippen LogP contribution is 2.20. The predicted molar refractivity (Wildman–Crippen MR) is 83.8 cm³/mol. The molecule has 0 aliphatic heterocycles. The minimum atomic E-state index is 0.378. The van der Waals surface area contributed by atoms with E-state index in [0.29, 0.717) is 12.1 Å². The molecule has 0 aromatic heterocycles. The molecule has 0 saturated carbocycles. The molecule has 0 heterocycles. The SMILES string of the molecule is C=C(C)\C(=C/C(=C\C)/C=C/C)[C@H](C)N(C)C(C)C. The van der Waals surface area contributed by atoms with Gasteiger partial charge in [0.1, 0.15) is 0 Å². The Morgan fingerprint density at radius 2 is 1.72 bits per heavy atom. The third kappa shape index (κ3) is 5.05. The van der Waals surface area contributed by atoms with Crippen LogP contribution in [-0.4, -0.2) is 24.0 Å². The van der Waals surface area contributed by atoms with Gasteiger partial charge in [-0.05, 0) is 59.7 Å². The highest BCUT2D eigenvalue weighted by Gasteiger charge is 2.17. The van der Waals surface area contributed by atoms with Gasteiger partial charge in [-0.15, -0.1) is 0 Å². The van der Waals surface area contributed by atoms with Crippen molar-refractivity contribution in [2.24, 2.45) is 0 Å². The summed E-state index contributed by atoms with van der Waals surface area (Å²) in [6, 6.07) is 0.904. The predicted octanol–water partition coefficient (Wildman–Crippen LogP) is 4.74. The van der Waals surface area contributed by atoms with Gasteiger partial charge in [-0.3, -0.25) is 4.90 Å². The van der Waals surface area contributed by atoms with Crippen molar-refractivity contribution in [3.63, 3.8) is 0 Å². The fourth-order valence-corrected chi connectivity index (χ4v) is 1.87. The maximum absolute atomic E-state index is 4.12. The summed E-state index contributed by atoms with van der Waals surface area (Å²) in [5.74, 6) is 0. The Kier molecular flexibility index (Phi) is 7.61. The Balaban J connectivity index is 5.32. The number of hydrogen-bond acceptors (Lipinski definition) is 1. The Morgan fingerprint density at radius 3 is 2.06 bits per heavy atom. The van der Waals surface area contributed by atoms with Crippen molar-refractivity contribution in [3.8, 4) is 0 Å². The van der Waals surface area contributed by atoms with Crippen molar-refractivity contribution < 1.29 is 0 Å². The summed E-state index contributed by atoms with van der Waals surface area (Å²) < 4.78 is 0. The van der Waals surface area contributed by atoms with Gasteiger partial charge in [-0.1, -0.05) is 36.5 Å². The first-order chi connectivity index (χ1) is 8.34. The third-order valence-electron chi connectivity index (χ3n) is 3.38. The van der Waals surface area contributed by atoms with Gasteiger partial charge in [0.2, 0.25) is 0 Å². The molecule has 0 fully saturated rings. The minimum Gasteiger partial charge on any atom is -0.297 e. The summed E-state index contributed by atoms with van der Waals surface area (Å²) >= 11 is 0. The first kappa shape index (κ1) is 16.9. The zero-order valence-electron chi connectivity index (χ0n) is 13.1. The van der Waals surface area contributed by atoms with Crippen molar-refractivity contribution in [2.75, 3.05) is 7.05 Å². The molecule has 0 spiro atoms. The molecular formula is C17H29N. The first-order valence-electron chi connectivity index (χ1n) is 6.73. The smallest absolute Gasteiger partial charge is 0.0322 e. The van der Waals surface area contributed by atoms with Gasteiger partial charge in [0.05, 0.1) is 0 Å². The molecule has 0 rings (SSSR count). The van der Waals surface area contributed by atoms with Gasteiger partial charge in [0.15, 0.2) is 0 Å². The van der Waals surface area contributed by atoms with Crippen LogP contribution in [0.15, 0.2) is 47.6 Å². The molecule has 0 N–H and O–H groups in total. The summed E-state index contributed by atoms with van der Waals surface area (Å²) in [6.45, 7) is 17.0. The molecule has 0 radical (unpaired) electrons. The van der Waals surface area contributed by atoms with E-state index in [2.05, 4.69) is 77.4 Å². The average molecular weight is 247 g/mol. The second-order valence-electron chi connectivity index (χ2n) is 5.10. The van der Waals surface area contributed by atoms with Crippen LogP contribution in [-0.2, 0) is 0 Å². The second kappa shape index (κ2) is 8.10. The monoisotopic (exact) mass is 247 g/mol. The molecular weight excluding hydrogens is 218 g/mol.